The predicted octanol–water partition coefficient (Wildman–Crippen LogP) is 10.1. The van der Waals surface area contributed by atoms with E-state index in [9.17, 15) is 0 Å². The molecule has 4 heteroatoms. The van der Waals surface area contributed by atoms with E-state index < -0.39 is 8.07 Å². The third-order valence-corrected chi connectivity index (χ3v) is 9.95. The van der Waals surface area contributed by atoms with E-state index in [2.05, 4.69) is 111 Å². The van der Waals surface area contributed by atoms with Gasteiger partial charge in [-0.15, -0.1) is 0 Å². The molecule has 0 saturated heterocycles. The van der Waals surface area contributed by atoms with E-state index in [-0.39, 0.29) is 0 Å². The van der Waals surface area contributed by atoms with Crippen molar-refractivity contribution in [3.8, 4) is 56.4 Å². The minimum absolute atomic E-state index is 0.571. The first-order chi connectivity index (χ1) is 20.9. The Kier molecular flexibility index (Phi) is 6.84. The van der Waals surface area contributed by atoms with Crippen LogP contribution < -0.4 is 5.19 Å². The molecule has 208 valence electrons. The summed E-state index contributed by atoms with van der Waals surface area (Å²) in [5, 5.41) is 2.51. The Morgan fingerprint density at radius 2 is 1.02 bits per heavy atom. The molecule has 0 amide bonds. The summed E-state index contributed by atoms with van der Waals surface area (Å²) in [6.07, 6.45) is 0. The van der Waals surface area contributed by atoms with Gasteiger partial charge in [-0.3, -0.25) is 0 Å². The van der Waals surface area contributed by atoms with Gasteiger partial charge in [0.25, 0.3) is 0 Å². The summed E-state index contributed by atoms with van der Waals surface area (Å²) in [4.78, 5) is 9.96. The minimum Gasteiger partial charge on any atom is -0.453 e. The molecule has 2 aromatic heterocycles. The first-order valence-electron chi connectivity index (χ1n) is 14.7. The summed E-state index contributed by atoms with van der Waals surface area (Å²) in [6.45, 7) is 7.15. The van der Waals surface area contributed by atoms with Crippen LogP contribution in [0, 0.1) is 0 Å². The van der Waals surface area contributed by atoms with Gasteiger partial charge in [0, 0.05) is 16.5 Å². The largest absolute Gasteiger partial charge is 0.453 e. The average Bonchev–Trinajstić information content (AvgIpc) is 3.50. The number of furan rings is 1. The molecule has 0 bridgehead atoms. The number of hydrogen-bond donors (Lipinski definition) is 0. The van der Waals surface area contributed by atoms with E-state index in [1.165, 1.54) is 21.9 Å². The molecule has 0 spiro atoms. The predicted molar refractivity (Wildman–Crippen MR) is 182 cm³/mol. The summed E-state index contributed by atoms with van der Waals surface area (Å²) < 4.78 is 6.19. The first kappa shape index (κ1) is 26.8. The average molecular weight is 573 g/mol. The van der Waals surface area contributed by atoms with Crippen molar-refractivity contribution in [2.75, 3.05) is 0 Å². The van der Waals surface area contributed by atoms with Crippen LogP contribution in [0.15, 0.2) is 144 Å². The zero-order valence-electron chi connectivity index (χ0n) is 24.6. The molecule has 0 aliphatic heterocycles. The summed E-state index contributed by atoms with van der Waals surface area (Å²) >= 11 is 0. The third-order valence-electron chi connectivity index (χ3n) is 7.88. The molecule has 7 rings (SSSR count). The second-order valence-electron chi connectivity index (χ2n) is 12.0. The molecule has 3 nitrogen and oxygen atoms in total. The van der Waals surface area contributed by atoms with Crippen molar-refractivity contribution in [1.29, 1.82) is 0 Å². The van der Waals surface area contributed by atoms with E-state index in [0.717, 1.165) is 39.0 Å². The van der Waals surface area contributed by atoms with Crippen LogP contribution in [0.25, 0.3) is 67.3 Å². The van der Waals surface area contributed by atoms with Gasteiger partial charge in [-0.1, -0.05) is 134 Å². The molecule has 43 heavy (non-hydrogen) atoms. The molecule has 0 radical (unpaired) electrons. The summed E-state index contributed by atoms with van der Waals surface area (Å²) in [5.41, 5.74) is 9.35. The van der Waals surface area contributed by atoms with Crippen LogP contribution in [-0.2, 0) is 0 Å². The number of fused-ring (bicyclic) bond motifs is 1. The third kappa shape index (κ3) is 5.57. The van der Waals surface area contributed by atoms with E-state index >= 15 is 0 Å². The van der Waals surface area contributed by atoms with E-state index in [1.807, 2.05) is 48.5 Å². The molecule has 0 atom stereocenters. The molecule has 0 fully saturated rings. The van der Waals surface area contributed by atoms with Crippen LogP contribution in [0.2, 0.25) is 19.6 Å². The summed E-state index contributed by atoms with van der Waals surface area (Å²) in [5.74, 6) is 1.23. The lowest BCUT2D eigenvalue weighted by Gasteiger charge is -2.17. The lowest BCUT2D eigenvalue weighted by Crippen LogP contribution is -2.37. The Morgan fingerprint density at radius 1 is 0.465 bits per heavy atom. The highest BCUT2D eigenvalue weighted by Crippen LogP contribution is 2.33. The van der Waals surface area contributed by atoms with Gasteiger partial charge in [-0.2, -0.15) is 0 Å². The van der Waals surface area contributed by atoms with Gasteiger partial charge in [0.15, 0.2) is 11.6 Å². The zero-order chi connectivity index (χ0) is 29.4. The minimum atomic E-state index is -1.34. The van der Waals surface area contributed by atoms with Crippen LogP contribution in [0.3, 0.4) is 0 Å². The van der Waals surface area contributed by atoms with E-state index in [4.69, 9.17) is 14.4 Å². The topological polar surface area (TPSA) is 38.9 Å². The number of rotatable bonds is 6. The Morgan fingerprint density at radius 3 is 1.70 bits per heavy atom. The number of para-hydroxylation sites is 1. The van der Waals surface area contributed by atoms with Gasteiger partial charge in [0.2, 0.25) is 0 Å². The van der Waals surface area contributed by atoms with Crippen LogP contribution in [0.5, 0.6) is 0 Å². The van der Waals surface area contributed by atoms with E-state index in [1.54, 1.807) is 0 Å². The number of benzene rings is 5. The highest BCUT2D eigenvalue weighted by Gasteiger charge is 2.17. The second kappa shape index (κ2) is 11.0. The van der Waals surface area contributed by atoms with Gasteiger partial charge in [-0.05, 0) is 52.6 Å². The van der Waals surface area contributed by atoms with Gasteiger partial charge in [0.05, 0.1) is 19.5 Å². The molecule has 0 N–H and O–H groups in total. The van der Waals surface area contributed by atoms with Crippen molar-refractivity contribution in [3.05, 3.63) is 140 Å². The Balaban J connectivity index is 1.29. The van der Waals surface area contributed by atoms with Gasteiger partial charge in [-0.25, -0.2) is 9.97 Å². The van der Waals surface area contributed by atoms with Crippen molar-refractivity contribution in [3.63, 3.8) is 0 Å². The van der Waals surface area contributed by atoms with Gasteiger partial charge >= 0.3 is 0 Å². The molecule has 2 heterocycles. The Hall–Kier alpha value is -5.06. The van der Waals surface area contributed by atoms with Crippen molar-refractivity contribution < 1.29 is 4.42 Å². The normalized spacial score (nSPS) is 11.6. The summed E-state index contributed by atoms with van der Waals surface area (Å²) in [7, 11) is -1.34. The fraction of sp³-hybridized carbons (Fsp3) is 0.0769. The second-order valence-corrected chi connectivity index (χ2v) is 17.0. The van der Waals surface area contributed by atoms with Crippen LogP contribution in [0.1, 0.15) is 0 Å². The number of hydrogen-bond acceptors (Lipinski definition) is 3. The van der Waals surface area contributed by atoms with E-state index in [0.29, 0.717) is 11.6 Å². The fourth-order valence-electron chi connectivity index (χ4n) is 5.45. The molecular weight excluding hydrogens is 541 g/mol. The van der Waals surface area contributed by atoms with Crippen LogP contribution >= 0.6 is 0 Å². The van der Waals surface area contributed by atoms with Crippen molar-refractivity contribution >= 4 is 24.2 Å². The maximum absolute atomic E-state index is 6.19. The molecule has 5 aromatic carbocycles. The van der Waals surface area contributed by atoms with Crippen molar-refractivity contribution in [2.24, 2.45) is 0 Å². The molecule has 7 aromatic rings. The molecular formula is C39H32N2OSi. The zero-order valence-corrected chi connectivity index (χ0v) is 25.6. The van der Waals surface area contributed by atoms with Crippen molar-refractivity contribution in [1.82, 2.24) is 9.97 Å². The van der Waals surface area contributed by atoms with Crippen LogP contribution in [0.4, 0.5) is 0 Å². The van der Waals surface area contributed by atoms with Gasteiger partial charge < -0.3 is 4.42 Å². The quantitative estimate of drug-likeness (QED) is 0.186. The lowest BCUT2D eigenvalue weighted by atomic mass is 9.97. The van der Waals surface area contributed by atoms with Crippen LogP contribution in [-0.4, -0.2) is 18.0 Å². The highest BCUT2D eigenvalue weighted by atomic mass is 28.3. The molecule has 0 saturated carbocycles. The molecule has 0 unspecified atom stereocenters. The highest BCUT2D eigenvalue weighted by molar-refractivity contribution is 6.88. The SMILES string of the molecule is C[Si](C)(C)c1ccc(-c2cccc(-c3cccc(-c4cc(-c5ccccc5)nc(-c5cc6ccccc6o5)n4)c3)c2)cc1. The lowest BCUT2D eigenvalue weighted by molar-refractivity contribution is 0.625. The molecule has 0 aliphatic rings. The fourth-order valence-corrected chi connectivity index (χ4v) is 6.62. The monoisotopic (exact) mass is 572 g/mol. The summed E-state index contributed by atoms with van der Waals surface area (Å²) in [6, 6.07) is 48.8. The number of nitrogens with zero attached hydrogens (tertiary/aromatic N) is 2. The smallest absolute Gasteiger partial charge is 0.196 e. The standard InChI is InChI=1S/C39H32N2OSi/c1-43(2,3)34-21-19-27(20-22-34)29-14-9-15-30(23-29)31-16-10-17-32(24-31)36-26-35(28-11-5-4-6-12-28)40-39(41-36)38-25-33-13-7-8-18-37(33)42-38/h4-26H,1-3H3. The van der Waals surface area contributed by atoms with Gasteiger partial charge in [0.1, 0.15) is 5.58 Å². The maximum atomic E-state index is 6.19. The van der Waals surface area contributed by atoms with Crippen molar-refractivity contribution in [2.45, 2.75) is 19.6 Å². The Labute approximate surface area is 253 Å². The molecule has 0 aliphatic carbocycles. The maximum Gasteiger partial charge on any atom is 0.196 e. The number of aromatic nitrogens is 2. The first-order valence-corrected chi connectivity index (χ1v) is 18.2. The Bertz CT molecular complexity index is 2020.